The van der Waals surface area contributed by atoms with E-state index in [1.807, 2.05) is 24.3 Å². The van der Waals surface area contributed by atoms with E-state index in [1.54, 1.807) is 12.1 Å². The first kappa shape index (κ1) is 19.4. The van der Waals surface area contributed by atoms with E-state index in [9.17, 15) is 9.18 Å². The second-order valence-electron chi connectivity index (χ2n) is 7.54. The summed E-state index contributed by atoms with van der Waals surface area (Å²) in [7, 11) is 0. The largest absolute Gasteiger partial charge is 0.356 e. The Hall–Kier alpha value is -2.89. The molecule has 2 heterocycles. The molecule has 1 saturated heterocycles. The predicted octanol–water partition coefficient (Wildman–Crippen LogP) is 3.77. The summed E-state index contributed by atoms with van der Waals surface area (Å²) in [5, 5.41) is 2.98. The first-order valence-electron chi connectivity index (χ1n) is 10.4. The summed E-state index contributed by atoms with van der Waals surface area (Å²) in [5.74, 6) is 0.859. The van der Waals surface area contributed by atoms with E-state index in [2.05, 4.69) is 27.8 Å². The lowest BCUT2D eigenvalue weighted by Gasteiger charge is -2.32. The van der Waals surface area contributed by atoms with Crippen LogP contribution in [-0.2, 0) is 17.8 Å². The molecule has 1 amide bonds. The summed E-state index contributed by atoms with van der Waals surface area (Å²) >= 11 is 0. The maximum Gasteiger partial charge on any atom is 0.223 e. The first-order chi connectivity index (χ1) is 14.2. The average molecular weight is 394 g/mol. The number of nitrogens with one attached hydrogen (secondary N) is 1. The van der Waals surface area contributed by atoms with Gasteiger partial charge in [-0.1, -0.05) is 30.3 Å². The van der Waals surface area contributed by atoms with Crippen molar-refractivity contribution < 1.29 is 9.18 Å². The normalized spacial score (nSPS) is 15.0. The van der Waals surface area contributed by atoms with Crippen LogP contribution in [0.5, 0.6) is 0 Å². The number of hydrogen-bond acceptors (Lipinski definition) is 3. The van der Waals surface area contributed by atoms with Crippen LogP contribution in [0.15, 0.2) is 48.5 Å². The van der Waals surface area contributed by atoms with E-state index < -0.39 is 0 Å². The highest BCUT2D eigenvalue weighted by Gasteiger charge is 2.27. The number of carbonyl (C=O) groups is 1. The molecule has 0 atom stereocenters. The third kappa shape index (κ3) is 4.11. The number of aromatic nitrogens is 2. The maximum absolute atomic E-state index is 13.7. The third-order valence-electron chi connectivity index (χ3n) is 5.75. The molecule has 3 aromatic rings. The number of para-hydroxylation sites is 2. The van der Waals surface area contributed by atoms with Crippen LogP contribution in [0.2, 0.25) is 0 Å². The summed E-state index contributed by atoms with van der Waals surface area (Å²) in [6.07, 6.45) is 2.12. The van der Waals surface area contributed by atoms with Gasteiger partial charge >= 0.3 is 0 Å². The molecular formula is C23H27FN4O. The maximum atomic E-state index is 13.7. The summed E-state index contributed by atoms with van der Waals surface area (Å²) in [4.78, 5) is 19.6. The molecule has 0 aliphatic carbocycles. The van der Waals surface area contributed by atoms with E-state index in [0.29, 0.717) is 18.5 Å². The molecule has 6 heteroatoms. The van der Waals surface area contributed by atoms with Crippen molar-refractivity contribution in [2.75, 3.05) is 24.5 Å². The highest BCUT2D eigenvalue weighted by atomic mass is 19.1. The fourth-order valence-electron chi connectivity index (χ4n) is 4.12. The van der Waals surface area contributed by atoms with Crippen LogP contribution < -0.4 is 10.2 Å². The van der Waals surface area contributed by atoms with Crippen molar-refractivity contribution in [1.29, 1.82) is 0 Å². The molecule has 2 aromatic carbocycles. The van der Waals surface area contributed by atoms with E-state index in [4.69, 9.17) is 4.98 Å². The fourth-order valence-corrected chi connectivity index (χ4v) is 4.12. The Balaban J connectivity index is 1.32. The van der Waals surface area contributed by atoms with Gasteiger partial charge in [0.1, 0.15) is 5.82 Å². The van der Waals surface area contributed by atoms with Crippen molar-refractivity contribution in [2.45, 2.75) is 32.7 Å². The van der Waals surface area contributed by atoms with Gasteiger partial charge in [-0.05, 0) is 49.9 Å². The van der Waals surface area contributed by atoms with Gasteiger partial charge in [0.15, 0.2) is 0 Å². The van der Waals surface area contributed by atoms with Crippen LogP contribution in [0.3, 0.4) is 0 Å². The zero-order valence-electron chi connectivity index (χ0n) is 16.8. The molecule has 1 aliphatic heterocycles. The van der Waals surface area contributed by atoms with Crippen molar-refractivity contribution >= 4 is 22.9 Å². The van der Waals surface area contributed by atoms with Crippen LogP contribution in [-0.4, -0.2) is 35.1 Å². The Morgan fingerprint density at radius 3 is 2.62 bits per heavy atom. The molecule has 0 spiro atoms. The minimum atomic E-state index is -0.214. The van der Waals surface area contributed by atoms with Gasteiger partial charge in [-0.3, -0.25) is 4.79 Å². The number of halogens is 1. The van der Waals surface area contributed by atoms with E-state index in [-0.39, 0.29) is 17.6 Å². The van der Waals surface area contributed by atoms with Crippen molar-refractivity contribution in [3.63, 3.8) is 0 Å². The van der Waals surface area contributed by atoms with Gasteiger partial charge in [0.2, 0.25) is 11.9 Å². The van der Waals surface area contributed by atoms with Crippen LogP contribution in [0.4, 0.5) is 10.3 Å². The van der Waals surface area contributed by atoms with Crippen LogP contribution in [0, 0.1) is 11.7 Å². The molecule has 0 radical (unpaired) electrons. The number of imidazole rings is 1. The molecule has 152 valence electrons. The average Bonchev–Trinajstić information content (AvgIpc) is 3.14. The minimum Gasteiger partial charge on any atom is -0.356 e. The Kier molecular flexibility index (Phi) is 5.79. The van der Waals surface area contributed by atoms with Gasteiger partial charge in [-0.25, -0.2) is 9.37 Å². The predicted molar refractivity (Wildman–Crippen MR) is 113 cm³/mol. The number of aryl methyl sites for hydroxylation is 1. The standard InChI is InChI=1S/C23H27FN4O/c1-2-28-21-10-6-5-9-20(21)26-23(28)27-15-12-18(13-16-27)22(29)25-14-11-17-7-3-4-8-19(17)24/h3-10,18H,2,11-16H2,1H3,(H,25,29). The van der Waals surface area contributed by atoms with E-state index in [0.717, 1.165) is 49.5 Å². The second kappa shape index (κ2) is 8.64. The Labute approximate surface area is 170 Å². The smallest absolute Gasteiger partial charge is 0.223 e. The summed E-state index contributed by atoms with van der Waals surface area (Å²) < 4.78 is 15.9. The number of carbonyl (C=O) groups excluding carboxylic acids is 1. The lowest BCUT2D eigenvalue weighted by Crippen LogP contribution is -2.41. The Morgan fingerprint density at radius 1 is 1.14 bits per heavy atom. The molecule has 1 aromatic heterocycles. The number of anilines is 1. The van der Waals surface area contributed by atoms with Crippen molar-refractivity contribution in [3.8, 4) is 0 Å². The van der Waals surface area contributed by atoms with Gasteiger partial charge < -0.3 is 14.8 Å². The summed E-state index contributed by atoms with van der Waals surface area (Å²) in [6.45, 7) is 5.09. The van der Waals surface area contributed by atoms with Gasteiger partial charge in [-0.15, -0.1) is 0 Å². The highest BCUT2D eigenvalue weighted by molar-refractivity contribution is 5.80. The second-order valence-corrected chi connectivity index (χ2v) is 7.54. The third-order valence-corrected chi connectivity index (χ3v) is 5.75. The number of nitrogens with zero attached hydrogens (tertiary/aromatic N) is 3. The topological polar surface area (TPSA) is 50.2 Å². The van der Waals surface area contributed by atoms with Crippen LogP contribution >= 0.6 is 0 Å². The van der Waals surface area contributed by atoms with Gasteiger partial charge in [0.05, 0.1) is 11.0 Å². The number of benzene rings is 2. The zero-order chi connectivity index (χ0) is 20.2. The summed E-state index contributed by atoms with van der Waals surface area (Å²) in [5.41, 5.74) is 2.80. The minimum absolute atomic E-state index is 0.00586. The molecule has 0 saturated carbocycles. The molecule has 0 unspecified atom stereocenters. The van der Waals surface area contributed by atoms with Gasteiger partial charge in [0.25, 0.3) is 0 Å². The van der Waals surface area contributed by atoms with E-state index >= 15 is 0 Å². The number of hydrogen-bond donors (Lipinski definition) is 1. The Morgan fingerprint density at radius 2 is 1.86 bits per heavy atom. The summed E-state index contributed by atoms with van der Waals surface area (Å²) in [6, 6.07) is 14.9. The van der Waals surface area contributed by atoms with Crippen LogP contribution in [0.1, 0.15) is 25.3 Å². The highest BCUT2D eigenvalue weighted by Crippen LogP contribution is 2.27. The monoisotopic (exact) mass is 394 g/mol. The fraction of sp³-hybridized carbons (Fsp3) is 0.391. The lowest BCUT2D eigenvalue weighted by atomic mass is 9.96. The molecule has 1 fully saturated rings. The molecule has 29 heavy (non-hydrogen) atoms. The first-order valence-corrected chi connectivity index (χ1v) is 10.4. The van der Waals surface area contributed by atoms with Gasteiger partial charge in [-0.2, -0.15) is 0 Å². The Bertz CT molecular complexity index is 991. The molecule has 0 bridgehead atoms. The molecular weight excluding hydrogens is 367 g/mol. The molecule has 1 aliphatic rings. The number of amides is 1. The number of fused-ring (bicyclic) bond motifs is 1. The zero-order valence-corrected chi connectivity index (χ0v) is 16.8. The molecule has 5 nitrogen and oxygen atoms in total. The number of piperidine rings is 1. The van der Waals surface area contributed by atoms with Crippen molar-refractivity contribution in [2.24, 2.45) is 5.92 Å². The van der Waals surface area contributed by atoms with Crippen molar-refractivity contribution in [3.05, 3.63) is 59.9 Å². The molecule has 4 rings (SSSR count). The van der Waals surface area contributed by atoms with Gasteiger partial charge in [0, 0.05) is 32.1 Å². The lowest BCUT2D eigenvalue weighted by molar-refractivity contribution is -0.125. The van der Waals surface area contributed by atoms with E-state index in [1.165, 1.54) is 6.07 Å². The van der Waals surface area contributed by atoms with Crippen molar-refractivity contribution in [1.82, 2.24) is 14.9 Å². The number of rotatable bonds is 6. The molecule has 1 N–H and O–H groups in total. The SMILES string of the molecule is CCn1c(N2CCC(C(=O)NCCc3ccccc3F)CC2)nc2ccccc21. The van der Waals surface area contributed by atoms with Crippen LogP contribution in [0.25, 0.3) is 11.0 Å². The quantitative estimate of drug-likeness (QED) is 0.692.